The lowest BCUT2D eigenvalue weighted by Gasteiger charge is -2.38. The lowest BCUT2D eigenvalue weighted by atomic mass is 10.1. The van der Waals surface area contributed by atoms with Crippen molar-refractivity contribution in [3.63, 3.8) is 0 Å². The fourth-order valence-electron chi connectivity index (χ4n) is 2.50. The van der Waals surface area contributed by atoms with Gasteiger partial charge in [-0.25, -0.2) is 4.79 Å². The summed E-state index contributed by atoms with van der Waals surface area (Å²) in [6.45, 7) is 6.13. The van der Waals surface area contributed by atoms with Crippen LogP contribution in [0.25, 0.3) is 0 Å². The quantitative estimate of drug-likeness (QED) is 0.922. The highest BCUT2D eigenvalue weighted by Gasteiger charge is 2.29. The second-order valence-electron chi connectivity index (χ2n) is 6.58. The average Bonchev–Trinajstić information content (AvgIpc) is 2.51. The minimum absolute atomic E-state index is 0.0314. The predicted molar refractivity (Wildman–Crippen MR) is 88.3 cm³/mol. The van der Waals surface area contributed by atoms with E-state index in [0.29, 0.717) is 31.8 Å². The first-order valence-corrected chi connectivity index (χ1v) is 7.76. The van der Waals surface area contributed by atoms with Gasteiger partial charge in [-0.05, 0) is 31.5 Å². The number of benzene rings is 1. The van der Waals surface area contributed by atoms with Crippen LogP contribution in [0.1, 0.15) is 29.8 Å². The summed E-state index contributed by atoms with van der Waals surface area (Å²) in [5.41, 5.74) is 1.30. The van der Waals surface area contributed by atoms with Crippen LogP contribution >= 0.6 is 0 Å². The highest BCUT2D eigenvalue weighted by molar-refractivity contribution is 5.93. The normalized spacial score (nSPS) is 16.8. The monoisotopic (exact) mass is 319 g/mol. The van der Waals surface area contributed by atoms with Crippen molar-refractivity contribution in [3.05, 3.63) is 35.4 Å². The molecule has 1 aromatic rings. The number of ether oxygens (including phenoxy) is 1. The van der Waals surface area contributed by atoms with Crippen molar-refractivity contribution in [2.75, 3.05) is 33.8 Å². The molecule has 0 bridgehead atoms. The van der Waals surface area contributed by atoms with Gasteiger partial charge < -0.3 is 19.9 Å². The van der Waals surface area contributed by atoms with E-state index in [2.05, 4.69) is 5.32 Å². The maximum Gasteiger partial charge on any atom is 0.317 e. The number of rotatable bonds is 3. The molecular weight excluding hydrogens is 294 g/mol. The van der Waals surface area contributed by atoms with E-state index in [1.54, 1.807) is 31.1 Å². The number of carbonyl (C=O) groups is 2. The summed E-state index contributed by atoms with van der Waals surface area (Å²) in [6.07, 6.45) is 0. The molecule has 1 fully saturated rings. The molecule has 1 heterocycles. The standard InChI is InChI=1S/C17H25N3O3/c1-17(2)12-20(9-10-23-17)16(22)18-11-13-5-7-14(8-6-13)15(21)19(3)4/h5-8H,9-12H2,1-4H3,(H,18,22). The Balaban J connectivity index is 1.88. The number of morpholine rings is 1. The Bertz CT molecular complexity index is 567. The number of hydrogen-bond acceptors (Lipinski definition) is 3. The Labute approximate surface area is 137 Å². The van der Waals surface area contributed by atoms with E-state index in [4.69, 9.17) is 4.74 Å². The summed E-state index contributed by atoms with van der Waals surface area (Å²) in [5, 5.41) is 2.91. The van der Waals surface area contributed by atoms with Gasteiger partial charge in [-0.2, -0.15) is 0 Å². The lowest BCUT2D eigenvalue weighted by molar-refractivity contribution is -0.0733. The van der Waals surface area contributed by atoms with Crippen molar-refractivity contribution in [3.8, 4) is 0 Å². The minimum Gasteiger partial charge on any atom is -0.372 e. The summed E-state index contributed by atoms with van der Waals surface area (Å²) >= 11 is 0. The number of urea groups is 1. The zero-order valence-corrected chi connectivity index (χ0v) is 14.3. The number of amides is 3. The van der Waals surface area contributed by atoms with Gasteiger partial charge in [0.2, 0.25) is 0 Å². The molecule has 1 aromatic carbocycles. The van der Waals surface area contributed by atoms with E-state index in [1.165, 1.54) is 4.90 Å². The number of carbonyl (C=O) groups excluding carboxylic acids is 2. The molecule has 6 heteroatoms. The smallest absolute Gasteiger partial charge is 0.317 e. The summed E-state index contributed by atoms with van der Waals surface area (Å²) in [4.78, 5) is 27.4. The van der Waals surface area contributed by atoms with Crippen LogP contribution in [0.5, 0.6) is 0 Å². The first-order valence-electron chi connectivity index (χ1n) is 7.76. The molecule has 1 aliphatic rings. The first-order chi connectivity index (χ1) is 10.8. The average molecular weight is 319 g/mol. The predicted octanol–water partition coefficient (Wildman–Crippen LogP) is 1.71. The van der Waals surface area contributed by atoms with E-state index in [9.17, 15) is 9.59 Å². The molecule has 0 saturated carbocycles. The fourth-order valence-corrected chi connectivity index (χ4v) is 2.50. The summed E-state index contributed by atoms with van der Waals surface area (Å²) in [5.74, 6) is -0.0314. The molecule has 2 rings (SSSR count). The van der Waals surface area contributed by atoms with Crippen LogP contribution < -0.4 is 5.32 Å². The van der Waals surface area contributed by atoms with Crippen molar-refractivity contribution >= 4 is 11.9 Å². The Morgan fingerprint density at radius 3 is 2.48 bits per heavy atom. The van der Waals surface area contributed by atoms with Crippen LogP contribution in [0.3, 0.4) is 0 Å². The van der Waals surface area contributed by atoms with Gasteiger partial charge >= 0.3 is 6.03 Å². The van der Waals surface area contributed by atoms with Crippen LogP contribution in [0.15, 0.2) is 24.3 Å². The van der Waals surface area contributed by atoms with Crippen molar-refractivity contribution in [1.82, 2.24) is 15.1 Å². The van der Waals surface area contributed by atoms with E-state index in [0.717, 1.165) is 5.56 Å². The second-order valence-corrected chi connectivity index (χ2v) is 6.58. The molecule has 3 amide bonds. The Hall–Kier alpha value is -2.08. The molecule has 1 saturated heterocycles. The third kappa shape index (κ3) is 4.69. The van der Waals surface area contributed by atoms with Crippen molar-refractivity contribution in [2.24, 2.45) is 0 Å². The molecule has 23 heavy (non-hydrogen) atoms. The molecule has 0 aromatic heterocycles. The third-order valence-corrected chi connectivity index (χ3v) is 3.76. The highest BCUT2D eigenvalue weighted by atomic mass is 16.5. The zero-order chi connectivity index (χ0) is 17.0. The van der Waals surface area contributed by atoms with Gasteiger partial charge in [0.1, 0.15) is 0 Å². The third-order valence-electron chi connectivity index (χ3n) is 3.76. The molecule has 0 unspecified atom stereocenters. The largest absolute Gasteiger partial charge is 0.372 e. The van der Waals surface area contributed by atoms with Gasteiger partial charge in [0.25, 0.3) is 5.91 Å². The highest BCUT2D eigenvalue weighted by Crippen LogP contribution is 2.16. The lowest BCUT2D eigenvalue weighted by Crippen LogP contribution is -2.53. The molecule has 0 radical (unpaired) electrons. The Morgan fingerprint density at radius 2 is 1.91 bits per heavy atom. The van der Waals surface area contributed by atoms with Crippen molar-refractivity contribution in [1.29, 1.82) is 0 Å². The molecule has 0 atom stereocenters. The minimum atomic E-state index is -0.302. The van der Waals surface area contributed by atoms with Gasteiger partial charge in [-0.3, -0.25) is 4.79 Å². The summed E-state index contributed by atoms with van der Waals surface area (Å²) in [7, 11) is 3.45. The van der Waals surface area contributed by atoms with Gasteiger partial charge in [0.05, 0.1) is 18.8 Å². The number of nitrogens with one attached hydrogen (secondary N) is 1. The van der Waals surface area contributed by atoms with Gasteiger partial charge in [-0.15, -0.1) is 0 Å². The number of nitrogens with zero attached hydrogens (tertiary/aromatic N) is 2. The maximum absolute atomic E-state index is 12.2. The van der Waals surface area contributed by atoms with E-state index >= 15 is 0 Å². The summed E-state index contributed by atoms with van der Waals surface area (Å²) < 4.78 is 5.61. The van der Waals surface area contributed by atoms with Crippen LogP contribution in [0.2, 0.25) is 0 Å². The molecule has 0 aliphatic carbocycles. The van der Waals surface area contributed by atoms with Crippen molar-refractivity contribution < 1.29 is 14.3 Å². The molecule has 1 aliphatic heterocycles. The molecule has 6 nitrogen and oxygen atoms in total. The van der Waals surface area contributed by atoms with E-state index in [1.807, 2.05) is 26.0 Å². The molecule has 126 valence electrons. The topological polar surface area (TPSA) is 61.9 Å². The van der Waals surface area contributed by atoms with Gasteiger partial charge in [0.15, 0.2) is 0 Å². The van der Waals surface area contributed by atoms with Crippen LogP contribution in [-0.4, -0.2) is 61.1 Å². The SMILES string of the molecule is CN(C)C(=O)c1ccc(CNC(=O)N2CCOC(C)(C)C2)cc1. The Morgan fingerprint density at radius 1 is 1.26 bits per heavy atom. The Kier molecular flexibility index (Phi) is 5.26. The van der Waals surface area contributed by atoms with E-state index in [-0.39, 0.29) is 17.5 Å². The van der Waals surface area contributed by atoms with E-state index < -0.39 is 0 Å². The first kappa shape index (κ1) is 17.3. The summed E-state index contributed by atoms with van der Waals surface area (Å²) in [6, 6.07) is 7.19. The number of hydrogen-bond donors (Lipinski definition) is 1. The second kappa shape index (κ2) is 7.00. The van der Waals surface area contributed by atoms with Gasteiger partial charge in [0, 0.05) is 32.7 Å². The van der Waals surface area contributed by atoms with Crippen LogP contribution in [0.4, 0.5) is 4.79 Å². The zero-order valence-electron chi connectivity index (χ0n) is 14.3. The fraction of sp³-hybridized carbons (Fsp3) is 0.529. The van der Waals surface area contributed by atoms with Crippen LogP contribution in [0, 0.1) is 0 Å². The van der Waals surface area contributed by atoms with Crippen LogP contribution in [-0.2, 0) is 11.3 Å². The molecule has 0 spiro atoms. The maximum atomic E-state index is 12.2. The van der Waals surface area contributed by atoms with Crippen molar-refractivity contribution in [2.45, 2.75) is 26.0 Å². The molecule has 1 N–H and O–H groups in total. The van der Waals surface area contributed by atoms with Gasteiger partial charge in [-0.1, -0.05) is 12.1 Å². The molecular formula is C17H25N3O3.